The maximum Gasteiger partial charge on any atom is 0.135 e. The number of hydrogen-bond donors (Lipinski definition) is 0. The number of hydrogen-bond acceptors (Lipinski definition) is 1. The van der Waals surface area contributed by atoms with Gasteiger partial charge in [0.05, 0.1) is 0 Å². The Labute approximate surface area is 264 Å². The van der Waals surface area contributed by atoms with Crippen LogP contribution in [0.25, 0.3) is 55.3 Å². The Bertz CT molecular complexity index is 2190. The van der Waals surface area contributed by atoms with Gasteiger partial charge in [0.1, 0.15) is 11.5 Å². The highest BCUT2D eigenvalue weighted by atomic mass is 16.5. The number of ether oxygens (including phenoxy) is 1. The SMILES string of the molecule is c1ccc2c(c1)Oc1ccc(-c3ccccc3-c3ccc4c(c3)C3(c5ccccc5-4)C4CC5CC(C4)CC3C5)c3cccc-2c13. The van der Waals surface area contributed by atoms with Gasteiger partial charge in [-0.1, -0.05) is 103 Å². The van der Waals surface area contributed by atoms with Crippen molar-refractivity contribution in [2.75, 3.05) is 0 Å². The molecule has 6 aromatic carbocycles. The first-order valence-corrected chi connectivity index (χ1v) is 16.9. The van der Waals surface area contributed by atoms with E-state index in [4.69, 9.17) is 4.74 Å². The molecule has 0 radical (unpaired) electrons. The van der Waals surface area contributed by atoms with Gasteiger partial charge in [0.2, 0.25) is 0 Å². The number of fused-ring (bicyclic) bond motifs is 5. The zero-order valence-electron chi connectivity index (χ0n) is 25.3. The first-order valence-electron chi connectivity index (χ1n) is 16.9. The van der Waals surface area contributed by atoms with Crippen LogP contribution in [0.5, 0.6) is 11.5 Å². The van der Waals surface area contributed by atoms with E-state index in [1.807, 2.05) is 0 Å². The zero-order chi connectivity index (χ0) is 29.3. The Morgan fingerprint density at radius 3 is 1.91 bits per heavy atom. The van der Waals surface area contributed by atoms with Crippen molar-refractivity contribution < 1.29 is 4.74 Å². The van der Waals surface area contributed by atoms with E-state index in [1.165, 1.54) is 87.4 Å². The Kier molecular flexibility index (Phi) is 4.80. The molecule has 1 heterocycles. The van der Waals surface area contributed by atoms with Crippen LogP contribution in [0, 0.1) is 23.7 Å². The average Bonchev–Trinajstić information content (AvgIpc) is 3.37. The summed E-state index contributed by atoms with van der Waals surface area (Å²) in [5, 5.41) is 2.46. The minimum Gasteiger partial charge on any atom is -0.456 e. The molecule has 0 amide bonds. The van der Waals surface area contributed by atoms with Gasteiger partial charge in [-0.15, -0.1) is 0 Å². The first-order chi connectivity index (χ1) is 22.3. The fraction of sp³-hybridized carbons (Fsp3) is 0.227. The van der Waals surface area contributed by atoms with Gasteiger partial charge in [0, 0.05) is 16.4 Å². The third-order valence-electron chi connectivity index (χ3n) is 12.5. The van der Waals surface area contributed by atoms with Crippen molar-refractivity contribution >= 4 is 10.8 Å². The molecule has 5 aliphatic carbocycles. The highest BCUT2D eigenvalue weighted by molar-refractivity contribution is 6.11. The maximum atomic E-state index is 6.45. The number of para-hydroxylation sites is 1. The Balaban J connectivity index is 1.11. The monoisotopic (exact) mass is 578 g/mol. The van der Waals surface area contributed by atoms with Gasteiger partial charge in [-0.2, -0.15) is 0 Å². The van der Waals surface area contributed by atoms with Gasteiger partial charge >= 0.3 is 0 Å². The molecule has 1 spiro atoms. The van der Waals surface area contributed by atoms with Gasteiger partial charge < -0.3 is 4.74 Å². The molecule has 6 aliphatic rings. The number of benzene rings is 6. The van der Waals surface area contributed by atoms with Crippen LogP contribution in [-0.4, -0.2) is 0 Å². The van der Waals surface area contributed by atoms with E-state index in [0.717, 1.165) is 35.2 Å². The molecule has 0 atom stereocenters. The summed E-state index contributed by atoms with van der Waals surface area (Å²) in [5.74, 6) is 5.31. The fourth-order valence-electron chi connectivity index (χ4n) is 11.1. The van der Waals surface area contributed by atoms with Gasteiger partial charge in [0.15, 0.2) is 0 Å². The summed E-state index contributed by atoms with van der Waals surface area (Å²) in [6.45, 7) is 0. The second-order valence-corrected chi connectivity index (χ2v) is 14.5. The summed E-state index contributed by atoms with van der Waals surface area (Å²) >= 11 is 0. The Hall–Kier alpha value is -4.62. The van der Waals surface area contributed by atoms with Crippen molar-refractivity contribution in [1.82, 2.24) is 0 Å². The van der Waals surface area contributed by atoms with Crippen LogP contribution in [0.15, 0.2) is 121 Å². The third-order valence-corrected chi connectivity index (χ3v) is 12.5. The van der Waals surface area contributed by atoms with Crippen LogP contribution < -0.4 is 4.74 Å². The minimum absolute atomic E-state index is 0.176. The molecule has 4 bridgehead atoms. The molecule has 0 aromatic heterocycles. The molecule has 216 valence electrons. The lowest BCUT2D eigenvalue weighted by Gasteiger charge is -2.61. The van der Waals surface area contributed by atoms with Crippen LogP contribution in [0.4, 0.5) is 0 Å². The van der Waals surface area contributed by atoms with Gasteiger partial charge in [0.25, 0.3) is 0 Å². The van der Waals surface area contributed by atoms with Crippen molar-refractivity contribution in [2.24, 2.45) is 23.7 Å². The molecule has 12 rings (SSSR count). The molecular weight excluding hydrogens is 544 g/mol. The summed E-state index contributed by atoms with van der Waals surface area (Å²) in [4.78, 5) is 0. The molecule has 0 saturated heterocycles. The highest BCUT2D eigenvalue weighted by Gasteiger charge is 2.61. The summed E-state index contributed by atoms with van der Waals surface area (Å²) in [5.41, 5.74) is 14.0. The zero-order valence-corrected chi connectivity index (χ0v) is 25.3. The van der Waals surface area contributed by atoms with E-state index in [9.17, 15) is 0 Å². The molecule has 1 aliphatic heterocycles. The fourth-order valence-corrected chi connectivity index (χ4v) is 11.1. The van der Waals surface area contributed by atoms with E-state index in [0.29, 0.717) is 0 Å². The molecule has 0 unspecified atom stereocenters. The minimum atomic E-state index is 0.176. The smallest absolute Gasteiger partial charge is 0.135 e. The predicted octanol–water partition coefficient (Wildman–Crippen LogP) is 11.7. The van der Waals surface area contributed by atoms with Crippen LogP contribution in [0.2, 0.25) is 0 Å². The van der Waals surface area contributed by atoms with Gasteiger partial charge in [-0.05, 0) is 129 Å². The quantitative estimate of drug-likeness (QED) is 0.198. The van der Waals surface area contributed by atoms with Crippen LogP contribution in [-0.2, 0) is 5.41 Å². The summed E-state index contributed by atoms with van der Waals surface area (Å²) in [6, 6.07) is 45.6. The van der Waals surface area contributed by atoms with Crippen LogP contribution in [0.1, 0.15) is 43.2 Å². The summed E-state index contributed by atoms with van der Waals surface area (Å²) in [7, 11) is 0. The number of rotatable bonds is 2. The second kappa shape index (κ2) is 8.76. The van der Waals surface area contributed by atoms with Crippen LogP contribution in [0.3, 0.4) is 0 Å². The van der Waals surface area contributed by atoms with Crippen molar-refractivity contribution in [3.8, 4) is 56.0 Å². The normalized spacial score (nSPS) is 26.0. The topological polar surface area (TPSA) is 9.23 Å². The summed E-state index contributed by atoms with van der Waals surface area (Å²) < 4.78 is 6.45. The standard InChI is InChI=1S/C44H34O/c1-2-9-32(33-18-19-42-43-37(33)12-7-13-38(43)36-11-4-6-15-41(36)45-42)31(8-1)28-16-17-35-34-10-3-5-14-39(34)44(40(35)25-28)29-21-26-20-27(23-29)24-30(44)22-26/h1-19,25-27,29-30H,20-24H2. The van der Waals surface area contributed by atoms with E-state index < -0.39 is 0 Å². The molecular formula is C44H34O. The van der Waals surface area contributed by atoms with Crippen molar-refractivity contribution in [1.29, 1.82) is 0 Å². The van der Waals surface area contributed by atoms with Gasteiger partial charge in [-0.25, -0.2) is 0 Å². The third kappa shape index (κ3) is 3.14. The van der Waals surface area contributed by atoms with E-state index in [2.05, 4.69) is 121 Å². The molecule has 6 aromatic rings. The second-order valence-electron chi connectivity index (χ2n) is 14.5. The first kappa shape index (κ1) is 24.7. The van der Waals surface area contributed by atoms with Crippen molar-refractivity contribution in [2.45, 2.75) is 37.5 Å². The molecule has 4 fully saturated rings. The Morgan fingerprint density at radius 2 is 1.09 bits per heavy atom. The lowest BCUT2D eigenvalue weighted by Crippen LogP contribution is -2.55. The van der Waals surface area contributed by atoms with E-state index in [1.54, 1.807) is 11.1 Å². The average molecular weight is 579 g/mol. The molecule has 1 heteroatoms. The Morgan fingerprint density at radius 1 is 0.444 bits per heavy atom. The highest BCUT2D eigenvalue weighted by Crippen LogP contribution is 2.69. The van der Waals surface area contributed by atoms with Crippen molar-refractivity contribution in [3.63, 3.8) is 0 Å². The van der Waals surface area contributed by atoms with Crippen LogP contribution >= 0.6 is 0 Å². The lowest BCUT2D eigenvalue weighted by atomic mass is 9.43. The van der Waals surface area contributed by atoms with E-state index >= 15 is 0 Å². The van der Waals surface area contributed by atoms with Gasteiger partial charge in [-0.3, -0.25) is 0 Å². The molecule has 0 N–H and O–H groups in total. The lowest BCUT2D eigenvalue weighted by molar-refractivity contribution is -0.0399. The largest absolute Gasteiger partial charge is 0.456 e. The maximum absolute atomic E-state index is 6.45. The van der Waals surface area contributed by atoms with E-state index in [-0.39, 0.29) is 5.41 Å². The molecule has 45 heavy (non-hydrogen) atoms. The predicted molar refractivity (Wildman–Crippen MR) is 184 cm³/mol. The summed E-state index contributed by atoms with van der Waals surface area (Å²) in [6.07, 6.45) is 7.12. The van der Waals surface area contributed by atoms with Crippen molar-refractivity contribution in [3.05, 3.63) is 132 Å². The molecule has 1 nitrogen and oxygen atoms in total. The molecule has 4 saturated carbocycles.